The molecule has 2 aromatic heterocycles. The third-order valence-electron chi connectivity index (χ3n) is 4.89. The number of benzene rings is 1. The third-order valence-corrected chi connectivity index (χ3v) is 5.96. The molecule has 0 saturated heterocycles. The molecular weight excluding hydrogens is 386 g/mol. The van der Waals surface area contributed by atoms with Crippen LogP contribution in [0.5, 0.6) is 5.75 Å². The Bertz CT molecular complexity index is 1050. The summed E-state index contributed by atoms with van der Waals surface area (Å²) in [5.41, 5.74) is 1.94. The largest absolute Gasteiger partial charge is 0.489 e. The second kappa shape index (κ2) is 6.97. The number of carbonyl (C=O) groups excluding carboxylic acids is 1. The molecular formula is C19H18F2N4O2S. The minimum absolute atomic E-state index is 0.00846. The van der Waals surface area contributed by atoms with Crippen molar-refractivity contribution < 1.29 is 18.3 Å². The lowest BCUT2D eigenvalue weighted by Gasteiger charge is -2.09. The van der Waals surface area contributed by atoms with Crippen molar-refractivity contribution >= 4 is 22.4 Å². The lowest BCUT2D eigenvalue weighted by Crippen LogP contribution is -2.14. The summed E-state index contributed by atoms with van der Waals surface area (Å²) >= 11 is 1.11. The summed E-state index contributed by atoms with van der Waals surface area (Å²) in [7, 11) is 0. The van der Waals surface area contributed by atoms with Crippen molar-refractivity contribution in [3.05, 3.63) is 47.4 Å². The SMILES string of the molecule is Cc1nc(NC(=O)c2cccc3c2O[C@@H](C)[C@H]3C)sc1-c1nccn1C(F)F. The molecule has 1 aliphatic rings. The average Bonchev–Trinajstić information content (AvgIpc) is 3.33. The van der Waals surface area contributed by atoms with Gasteiger partial charge in [-0.2, -0.15) is 8.78 Å². The molecule has 0 aliphatic carbocycles. The normalized spacial score (nSPS) is 18.2. The molecule has 9 heteroatoms. The van der Waals surface area contributed by atoms with E-state index in [1.54, 1.807) is 13.0 Å². The molecule has 4 rings (SSSR count). The van der Waals surface area contributed by atoms with Crippen LogP contribution in [0.15, 0.2) is 30.6 Å². The van der Waals surface area contributed by atoms with Gasteiger partial charge in [-0.05, 0) is 19.9 Å². The molecule has 3 aromatic rings. The van der Waals surface area contributed by atoms with Crippen LogP contribution < -0.4 is 10.1 Å². The quantitative estimate of drug-likeness (QED) is 0.675. The summed E-state index contributed by atoms with van der Waals surface area (Å²) in [6.07, 6.45) is 2.52. The summed E-state index contributed by atoms with van der Waals surface area (Å²) in [5.74, 6) is 0.555. The number of rotatable bonds is 4. The van der Waals surface area contributed by atoms with Crippen molar-refractivity contribution in [1.29, 1.82) is 0 Å². The Labute approximate surface area is 164 Å². The highest BCUT2D eigenvalue weighted by Crippen LogP contribution is 2.41. The van der Waals surface area contributed by atoms with Crippen LogP contribution in [0.4, 0.5) is 13.9 Å². The maximum atomic E-state index is 13.1. The Morgan fingerprint density at radius 2 is 2.14 bits per heavy atom. The average molecular weight is 404 g/mol. The van der Waals surface area contributed by atoms with Crippen LogP contribution in [0, 0.1) is 6.92 Å². The molecule has 1 aromatic carbocycles. The van der Waals surface area contributed by atoms with Gasteiger partial charge in [0.1, 0.15) is 11.9 Å². The predicted octanol–water partition coefficient (Wildman–Crippen LogP) is 4.85. The van der Waals surface area contributed by atoms with Gasteiger partial charge in [-0.3, -0.25) is 14.7 Å². The van der Waals surface area contributed by atoms with Crippen molar-refractivity contribution in [3.8, 4) is 16.5 Å². The number of aromatic nitrogens is 3. The Morgan fingerprint density at radius 3 is 2.89 bits per heavy atom. The monoisotopic (exact) mass is 404 g/mol. The van der Waals surface area contributed by atoms with Gasteiger partial charge < -0.3 is 4.74 Å². The van der Waals surface area contributed by atoms with E-state index >= 15 is 0 Å². The molecule has 1 aliphatic heterocycles. The van der Waals surface area contributed by atoms with Gasteiger partial charge in [0, 0.05) is 23.9 Å². The van der Waals surface area contributed by atoms with E-state index in [2.05, 4.69) is 22.2 Å². The number of para-hydroxylation sites is 1. The number of amides is 1. The van der Waals surface area contributed by atoms with E-state index in [4.69, 9.17) is 4.74 Å². The van der Waals surface area contributed by atoms with Crippen LogP contribution in [0.3, 0.4) is 0 Å². The van der Waals surface area contributed by atoms with Gasteiger partial charge >= 0.3 is 6.55 Å². The fourth-order valence-corrected chi connectivity index (χ4v) is 4.20. The summed E-state index contributed by atoms with van der Waals surface area (Å²) in [4.78, 5) is 21.6. The number of halogens is 2. The molecule has 0 fully saturated rings. The third kappa shape index (κ3) is 3.05. The maximum absolute atomic E-state index is 13.1. The van der Waals surface area contributed by atoms with Gasteiger partial charge in [0.15, 0.2) is 11.0 Å². The molecule has 0 spiro atoms. The molecule has 0 radical (unpaired) electrons. The van der Waals surface area contributed by atoms with Crippen molar-refractivity contribution in [2.24, 2.45) is 0 Å². The first-order chi connectivity index (χ1) is 13.4. The lowest BCUT2D eigenvalue weighted by molar-refractivity contribution is 0.0720. The topological polar surface area (TPSA) is 69.0 Å². The van der Waals surface area contributed by atoms with Crippen LogP contribution in [-0.4, -0.2) is 26.5 Å². The van der Waals surface area contributed by atoms with Gasteiger partial charge in [-0.15, -0.1) is 0 Å². The van der Waals surface area contributed by atoms with Crippen molar-refractivity contribution in [1.82, 2.24) is 14.5 Å². The van der Waals surface area contributed by atoms with Crippen LogP contribution in [-0.2, 0) is 0 Å². The zero-order valence-electron chi connectivity index (χ0n) is 15.4. The Balaban J connectivity index is 1.62. The molecule has 1 N–H and O–H groups in total. The number of nitrogens with one attached hydrogen (secondary N) is 1. The van der Waals surface area contributed by atoms with Crippen LogP contribution in [0.1, 0.15) is 47.9 Å². The predicted molar refractivity (Wildman–Crippen MR) is 102 cm³/mol. The van der Waals surface area contributed by atoms with E-state index in [0.717, 1.165) is 21.5 Å². The van der Waals surface area contributed by atoms with Gasteiger partial charge in [0.05, 0.1) is 16.1 Å². The minimum atomic E-state index is -2.70. The Morgan fingerprint density at radius 1 is 1.36 bits per heavy atom. The summed E-state index contributed by atoms with van der Waals surface area (Å²) in [5, 5.41) is 3.07. The minimum Gasteiger partial charge on any atom is -0.489 e. The fraction of sp³-hybridized carbons (Fsp3) is 0.316. The van der Waals surface area contributed by atoms with E-state index in [9.17, 15) is 13.6 Å². The number of anilines is 1. The molecule has 28 heavy (non-hydrogen) atoms. The first kappa shape index (κ1) is 18.5. The number of imidazole rings is 1. The van der Waals surface area contributed by atoms with Gasteiger partial charge in [0.2, 0.25) is 0 Å². The number of aryl methyl sites for hydroxylation is 1. The van der Waals surface area contributed by atoms with E-state index in [1.165, 1.54) is 12.4 Å². The Kier molecular flexibility index (Phi) is 4.62. The van der Waals surface area contributed by atoms with E-state index in [1.807, 2.05) is 19.1 Å². The van der Waals surface area contributed by atoms with Crippen LogP contribution >= 0.6 is 11.3 Å². The van der Waals surface area contributed by atoms with Crippen molar-refractivity contribution in [2.75, 3.05) is 5.32 Å². The molecule has 2 atom stereocenters. The van der Waals surface area contributed by atoms with E-state index in [0.29, 0.717) is 27.0 Å². The second-order valence-corrected chi connectivity index (χ2v) is 7.66. The van der Waals surface area contributed by atoms with Crippen molar-refractivity contribution in [3.63, 3.8) is 0 Å². The highest BCUT2D eigenvalue weighted by atomic mass is 32.1. The van der Waals surface area contributed by atoms with Gasteiger partial charge in [-0.25, -0.2) is 9.97 Å². The number of hydrogen-bond donors (Lipinski definition) is 1. The first-order valence-electron chi connectivity index (χ1n) is 8.76. The molecule has 3 heterocycles. The number of nitrogens with zero attached hydrogens (tertiary/aromatic N) is 3. The van der Waals surface area contributed by atoms with E-state index in [-0.39, 0.29) is 23.8 Å². The number of ether oxygens (including phenoxy) is 1. The number of thiazole rings is 1. The lowest BCUT2D eigenvalue weighted by atomic mass is 9.97. The van der Waals surface area contributed by atoms with Crippen LogP contribution in [0.2, 0.25) is 0 Å². The van der Waals surface area contributed by atoms with Crippen LogP contribution in [0.25, 0.3) is 10.7 Å². The highest BCUT2D eigenvalue weighted by molar-refractivity contribution is 7.19. The molecule has 146 valence electrons. The second-order valence-electron chi connectivity index (χ2n) is 6.66. The highest BCUT2D eigenvalue weighted by Gasteiger charge is 2.31. The smallest absolute Gasteiger partial charge is 0.320 e. The van der Waals surface area contributed by atoms with E-state index < -0.39 is 6.55 Å². The molecule has 6 nitrogen and oxygen atoms in total. The first-order valence-corrected chi connectivity index (χ1v) is 9.58. The molecule has 1 amide bonds. The maximum Gasteiger partial charge on any atom is 0.320 e. The Hall–Kier alpha value is -2.81. The number of carbonyl (C=O) groups is 1. The zero-order chi connectivity index (χ0) is 20.0. The number of fused-ring (bicyclic) bond motifs is 1. The summed E-state index contributed by atoms with van der Waals surface area (Å²) < 4.78 is 32.9. The van der Waals surface area contributed by atoms with Gasteiger partial charge in [0.25, 0.3) is 5.91 Å². The standard InChI is InChI=1S/C19H18F2N4O2S/c1-9-11(3)27-14-12(9)5-4-6-13(14)17(26)24-19-23-10(2)15(28-19)16-22-7-8-25(16)18(20)21/h4-9,11,18H,1-3H3,(H,23,24,26)/t9-,11+/m1/s1. The molecule has 0 bridgehead atoms. The molecule has 0 saturated carbocycles. The fourth-order valence-electron chi connectivity index (χ4n) is 3.23. The number of hydrogen-bond acceptors (Lipinski definition) is 5. The number of alkyl halides is 2. The molecule has 0 unspecified atom stereocenters. The summed E-state index contributed by atoms with van der Waals surface area (Å²) in [6.45, 7) is 3.01. The summed E-state index contributed by atoms with van der Waals surface area (Å²) in [6, 6.07) is 5.48. The van der Waals surface area contributed by atoms with Crippen molar-refractivity contribution in [2.45, 2.75) is 39.3 Å². The van der Waals surface area contributed by atoms with Gasteiger partial charge in [-0.1, -0.05) is 30.4 Å². The zero-order valence-corrected chi connectivity index (χ0v) is 16.3.